The number of rotatable bonds is 13. The molecule has 3 rings (SSSR count). The lowest BCUT2D eigenvalue weighted by Gasteiger charge is -2.25. The van der Waals surface area contributed by atoms with Crippen LogP contribution in [-0.2, 0) is 16.6 Å². The minimum absolute atomic E-state index is 0.133. The average Bonchev–Trinajstić information content (AvgIpc) is 3.28. The second kappa shape index (κ2) is 14.1. The Balaban J connectivity index is 1.93. The third-order valence-electron chi connectivity index (χ3n) is 5.96. The number of ether oxygens (including phenoxy) is 1. The van der Waals surface area contributed by atoms with Crippen LogP contribution in [0.3, 0.4) is 0 Å². The molecule has 10 heteroatoms. The van der Waals surface area contributed by atoms with Gasteiger partial charge in [-0.2, -0.15) is 4.99 Å². The number of hydrogen-bond donors (Lipinski definition) is 2. The molecule has 0 atom stereocenters. The lowest BCUT2D eigenvalue weighted by atomic mass is 10.1. The molecule has 0 saturated carbocycles. The van der Waals surface area contributed by atoms with Crippen molar-refractivity contribution < 1.29 is 9.53 Å². The van der Waals surface area contributed by atoms with E-state index >= 15 is 0 Å². The van der Waals surface area contributed by atoms with Crippen molar-refractivity contribution >= 4 is 28.7 Å². The number of aryl methyl sites for hydroxylation is 1. The number of benzene rings is 1. The molecule has 40 heavy (non-hydrogen) atoms. The van der Waals surface area contributed by atoms with Gasteiger partial charge in [0.05, 0.1) is 24.0 Å². The van der Waals surface area contributed by atoms with Gasteiger partial charge in [0.1, 0.15) is 0 Å². The van der Waals surface area contributed by atoms with Crippen LogP contribution in [0.1, 0.15) is 13.8 Å². The van der Waals surface area contributed by atoms with Gasteiger partial charge in [0.2, 0.25) is 17.8 Å². The molecule has 212 valence electrons. The summed E-state index contributed by atoms with van der Waals surface area (Å²) < 4.78 is 8.16. The van der Waals surface area contributed by atoms with E-state index in [2.05, 4.69) is 56.6 Å². The van der Waals surface area contributed by atoms with Crippen molar-refractivity contribution in [1.29, 1.82) is 0 Å². The molecule has 0 unspecified atom stereocenters. The summed E-state index contributed by atoms with van der Waals surface area (Å²) in [5.41, 5.74) is 3.41. The molecule has 2 heterocycles. The maximum atomic E-state index is 12.1. The predicted molar refractivity (Wildman–Crippen MR) is 163 cm³/mol. The van der Waals surface area contributed by atoms with E-state index < -0.39 is 0 Å². The number of hydrogen-bond acceptors (Lipinski definition) is 8. The van der Waals surface area contributed by atoms with Crippen molar-refractivity contribution in [3.05, 3.63) is 79.6 Å². The highest BCUT2D eigenvalue weighted by molar-refractivity contribution is 5.95. The molecule has 0 saturated heterocycles. The standard InChI is InChI=1S/C30H40N8O2/c1-9-24(33-27(39)10-2)29(37(7)18-17-36(5)6)35-28(40-21(3)4)19-32-30-31-16-15-25(34-30)23-20-38(8)26-14-12-11-13-22(23)26/h9-16,20-21H,1-2,17-19H2,3-8H3,(H,33,39)(H,31,32,34)/b29-24-,35-28+. The zero-order valence-corrected chi connectivity index (χ0v) is 24.3. The lowest BCUT2D eigenvalue weighted by Crippen LogP contribution is -2.32. The molecule has 2 aromatic heterocycles. The van der Waals surface area contributed by atoms with Crippen molar-refractivity contribution in [2.45, 2.75) is 20.0 Å². The normalized spacial score (nSPS) is 12.3. The van der Waals surface area contributed by atoms with Crippen LogP contribution < -0.4 is 10.6 Å². The molecule has 0 bridgehead atoms. The van der Waals surface area contributed by atoms with Crippen LogP contribution in [0.5, 0.6) is 0 Å². The Morgan fingerprint density at radius 3 is 2.58 bits per heavy atom. The Bertz CT molecular complexity index is 1400. The van der Waals surface area contributed by atoms with Gasteiger partial charge in [-0.15, -0.1) is 0 Å². The molecule has 0 aliphatic heterocycles. The molecule has 2 N–H and O–H groups in total. The predicted octanol–water partition coefficient (Wildman–Crippen LogP) is 4.02. The number of anilines is 1. The number of para-hydroxylation sites is 1. The third kappa shape index (κ3) is 8.03. The van der Waals surface area contributed by atoms with Crippen LogP contribution in [0.25, 0.3) is 22.2 Å². The molecule has 10 nitrogen and oxygen atoms in total. The average molecular weight is 545 g/mol. The molecule has 0 radical (unpaired) electrons. The first-order valence-electron chi connectivity index (χ1n) is 13.1. The van der Waals surface area contributed by atoms with Gasteiger partial charge >= 0.3 is 0 Å². The summed E-state index contributed by atoms with van der Waals surface area (Å²) in [6.45, 7) is 13.0. The monoisotopic (exact) mass is 544 g/mol. The molecule has 0 aliphatic rings. The second-order valence-electron chi connectivity index (χ2n) is 9.82. The number of allylic oxidation sites excluding steroid dienone is 1. The number of nitrogens with zero attached hydrogens (tertiary/aromatic N) is 6. The number of fused-ring (bicyclic) bond motifs is 1. The summed E-state index contributed by atoms with van der Waals surface area (Å²) in [5.74, 6) is 1.01. The summed E-state index contributed by atoms with van der Waals surface area (Å²) in [6, 6.07) is 10.1. The number of likely N-dealkylation sites (N-methyl/N-ethyl adjacent to an activating group) is 2. The van der Waals surface area contributed by atoms with Crippen LogP contribution in [0.15, 0.2) is 84.5 Å². The summed E-state index contributed by atoms with van der Waals surface area (Å²) in [7, 11) is 7.92. The Labute approximate surface area is 236 Å². The molecule has 0 fully saturated rings. The van der Waals surface area contributed by atoms with Crippen LogP contribution in [0, 0.1) is 0 Å². The van der Waals surface area contributed by atoms with Crippen LogP contribution in [0.2, 0.25) is 0 Å². The Hall–Kier alpha value is -4.44. The van der Waals surface area contributed by atoms with Gasteiger partial charge in [0.25, 0.3) is 0 Å². The van der Waals surface area contributed by atoms with E-state index in [1.807, 2.05) is 65.1 Å². The number of nitrogens with one attached hydrogen (secondary N) is 2. The van der Waals surface area contributed by atoms with Gasteiger partial charge in [0.15, 0.2) is 5.82 Å². The molecule has 1 aromatic carbocycles. The number of aliphatic imine (C=N–C) groups is 1. The molecule has 0 spiro atoms. The summed E-state index contributed by atoms with van der Waals surface area (Å²) in [6.07, 6.45) is 6.43. The zero-order chi connectivity index (χ0) is 29.2. The number of carbonyl (C=O) groups is 1. The highest BCUT2D eigenvalue weighted by Gasteiger charge is 2.16. The Morgan fingerprint density at radius 2 is 1.90 bits per heavy atom. The first kappa shape index (κ1) is 30.1. The minimum atomic E-state index is -0.355. The van der Waals surface area contributed by atoms with E-state index in [1.165, 1.54) is 6.08 Å². The SMILES string of the molecule is C=CC(=O)N/C(C=C)=C(/N=C(\CNc1nccc(-c2cn(C)c3ccccc23)n1)OC(C)C)N(C)CCN(C)C. The van der Waals surface area contributed by atoms with Crippen LogP contribution >= 0.6 is 0 Å². The lowest BCUT2D eigenvalue weighted by molar-refractivity contribution is -0.115. The van der Waals surface area contributed by atoms with Gasteiger partial charge in [0, 0.05) is 56.0 Å². The molecular weight excluding hydrogens is 504 g/mol. The van der Waals surface area contributed by atoms with Gasteiger partial charge in [-0.1, -0.05) is 31.4 Å². The van der Waals surface area contributed by atoms with E-state index in [-0.39, 0.29) is 18.6 Å². The van der Waals surface area contributed by atoms with E-state index in [0.717, 1.165) is 28.7 Å². The van der Waals surface area contributed by atoms with Crippen LogP contribution in [0.4, 0.5) is 5.95 Å². The molecule has 1 amide bonds. The highest BCUT2D eigenvalue weighted by Crippen LogP contribution is 2.29. The summed E-state index contributed by atoms with van der Waals surface area (Å²) in [4.78, 5) is 30.2. The van der Waals surface area contributed by atoms with Crippen molar-refractivity contribution in [3.63, 3.8) is 0 Å². The molecular formula is C30H40N8O2. The zero-order valence-electron chi connectivity index (χ0n) is 24.3. The first-order chi connectivity index (χ1) is 19.1. The Morgan fingerprint density at radius 1 is 1.15 bits per heavy atom. The Kier molecular flexibility index (Phi) is 10.6. The highest BCUT2D eigenvalue weighted by atomic mass is 16.5. The fraction of sp³-hybridized carbons (Fsp3) is 0.333. The van der Waals surface area contributed by atoms with Crippen molar-refractivity contribution in [2.75, 3.05) is 46.1 Å². The van der Waals surface area contributed by atoms with E-state index in [1.54, 1.807) is 12.3 Å². The maximum Gasteiger partial charge on any atom is 0.247 e. The maximum absolute atomic E-state index is 12.1. The second-order valence-corrected chi connectivity index (χ2v) is 9.82. The topological polar surface area (TPSA) is 99.9 Å². The molecule has 3 aromatic rings. The quantitative estimate of drug-likeness (QED) is 0.145. The van der Waals surface area contributed by atoms with Gasteiger partial charge in [-0.3, -0.25) is 4.79 Å². The number of amides is 1. The van der Waals surface area contributed by atoms with E-state index in [0.29, 0.717) is 29.9 Å². The van der Waals surface area contributed by atoms with Gasteiger partial charge in [-0.05, 0) is 52.2 Å². The summed E-state index contributed by atoms with van der Waals surface area (Å²) >= 11 is 0. The first-order valence-corrected chi connectivity index (χ1v) is 13.1. The van der Waals surface area contributed by atoms with Gasteiger partial charge < -0.3 is 29.7 Å². The number of aromatic nitrogens is 3. The van der Waals surface area contributed by atoms with Crippen molar-refractivity contribution in [2.24, 2.45) is 12.0 Å². The smallest absolute Gasteiger partial charge is 0.247 e. The van der Waals surface area contributed by atoms with Gasteiger partial charge in [-0.25, -0.2) is 9.97 Å². The van der Waals surface area contributed by atoms with Crippen LogP contribution in [-0.4, -0.2) is 83.0 Å². The van der Waals surface area contributed by atoms with Crippen molar-refractivity contribution in [1.82, 2.24) is 29.7 Å². The minimum Gasteiger partial charge on any atom is -0.477 e. The van der Waals surface area contributed by atoms with Crippen molar-refractivity contribution in [3.8, 4) is 11.3 Å². The van der Waals surface area contributed by atoms with E-state index in [9.17, 15) is 4.79 Å². The van der Waals surface area contributed by atoms with E-state index in [4.69, 9.17) is 14.7 Å². The molecule has 0 aliphatic carbocycles. The fourth-order valence-electron chi connectivity index (χ4n) is 3.98. The number of carbonyl (C=O) groups excluding carboxylic acids is 1. The third-order valence-corrected chi connectivity index (χ3v) is 5.96. The summed E-state index contributed by atoms with van der Waals surface area (Å²) in [5, 5.41) is 7.17. The largest absolute Gasteiger partial charge is 0.477 e. The fourth-order valence-corrected chi connectivity index (χ4v) is 3.98.